The Bertz CT molecular complexity index is 579. The summed E-state index contributed by atoms with van der Waals surface area (Å²) in [5.41, 5.74) is 7.91. The minimum absolute atomic E-state index is 0.0373. The summed E-state index contributed by atoms with van der Waals surface area (Å²) in [6.07, 6.45) is 0. The number of aliphatic hydroxyl groups is 1. The molecule has 20 heavy (non-hydrogen) atoms. The summed E-state index contributed by atoms with van der Waals surface area (Å²) in [5, 5.41) is 17.6. The van der Waals surface area contributed by atoms with Gasteiger partial charge in [-0.25, -0.2) is 4.68 Å². The Morgan fingerprint density at radius 2 is 2.00 bits per heavy atom. The van der Waals surface area contributed by atoms with E-state index in [2.05, 4.69) is 10.4 Å². The lowest BCUT2D eigenvalue weighted by Gasteiger charge is -2.30. The average Bonchev–Trinajstić information content (AvgIpc) is 2.75. The van der Waals surface area contributed by atoms with Crippen molar-refractivity contribution in [3.63, 3.8) is 0 Å². The van der Waals surface area contributed by atoms with Gasteiger partial charge in [-0.1, -0.05) is 30.3 Å². The van der Waals surface area contributed by atoms with Crippen LogP contribution in [-0.4, -0.2) is 21.5 Å². The molecule has 5 heteroatoms. The van der Waals surface area contributed by atoms with E-state index in [1.54, 1.807) is 0 Å². The van der Waals surface area contributed by atoms with E-state index in [9.17, 15) is 5.11 Å². The first-order valence-electron chi connectivity index (χ1n) is 6.79. The predicted molar refractivity (Wildman–Crippen MR) is 81.6 cm³/mol. The van der Waals surface area contributed by atoms with Crippen LogP contribution in [0.4, 0.5) is 11.5 Å². The molecule has 4 N–H and O–H groups in total. The topological polar surface area (TPSA) is 76.1 Å². The SMILES string of the molecule is CCn1nc(C)c(N)c1NC(C)(CO)c1ccccc1. The fourth-order valence-electron chi connectivity index (χ4n) is 2.23. The van der Waals surface area contributed by atoms with Gasteiger partial charge in [0.15, 0.2) is 0 Å². The summed E-state index contributed by atoms with van der Waals surface area (Å²) >= 11 is 0. The van der Waals surface area contributed by atoms with E-state index >= 15 is 0 Å². The maximum Gasteiger partial charge on any atom is 0.148 e. The van der Waals surface area contributed by atoms with Gasteiger partial charge in [-0.2, -0.15) is 5.10 Å². The van der Waals surface area contributed by atoms with Gasteiger partial charge in [-0.15, -0.1) is 0 Å². The zero-order valence-corrected chi connectivity index (χ0v) is 12.2. The molecule has 0 saturated heterocycles. The number of anilines is 2. The maximum absolute atomic E-state index is 9.83. The minimum atomic E-state index is -0.602. The van der Waals surface area contributed by atoms with E-state index in [1.807, 2.05) is 55.8 Å². The molecule has 0 aliphatic heterocycles. The summed E-state index contributed by atoms with van der Waals surface area (Å²) in [4.78, 5) is 0. The quantitative estimate of drug-likeness (QED) is 0.780. The molecule has 2 rings (SSSR count). The smallest absolute Gasteiger partial charge is 0.148 e. The standard InChI is InChI=1S/C15H22N4O/c1-4-19-14(13(16)11(2)18-19)17-15(3,10-20)12-8-6-5-7-9-12/h5-9,17,20H,4,10,16H2,1-3H3. The number of aryl methyl sites for hydroxylation is 2. The summed E-state index contributed by atoms with van der Waals surface area (Å²) < 4.78 is 1.82. The normalized spacial score (nSPS) is 14.0. The number of aliphatic hydroxyl groups excluding tert-OH is 1. The van der Waals surface area contributed by atoms with Crippen LogP contribution in [0.2, 0.25) is 0 Å². The summed E-state index contributed by atoms with van der Waals surface area (Å²) in [6.45, 7) is 6.52. The lowest BCUT2D eigenvalue weighted by atomic mass is 9.93. The van der Waals surface area contributed by atoms with Crippen LogP contribution in [0.1, 0.15) is 25.1 Å². The largest absolute Gasteiger partial charge is 0.394 e. The van der Waals surface area contributed by atoms with Crippen LogP contribution in [0.3, 0.4) is 0 Å². The number of benzene rings is 1. The first-order valence-corrected chi connectivity index (χ1v) is 6.79. The zero-order chi connectivity index (χ0) is 14.8. The highest BCUT2D eigenvalue weighted by molar-refractivity contribution is 5.66. The fourth-order valence-corrected chi connectivity index (χ4v) is 2.23. The molecule has 0 aliphatic rings. The fraction of sp³-hybridized carbons (Fsp3) is 0.400. The van der Waals surface area contributed by atoms with E-state index < -0.39 is 5.54 Å². The van der Waals surface area contributed by atoms with Crippen molar-refractivity contribution in [2.45, 2.75) is 32.9 Å². The van der Waals surface area contributed by atoms with Gasteiger partial charge in [0, 0.05) is 6.54 Å². The van der Waals surface area contributed by atoms with E-state index in [0.29, 0.717) is 5.69 Å². The lowest BCUT2D eigenvalue weighted by molar-refractivity contribution is 0.223. The van der Waals surface area contributed by atoms with E-state index in [1.165, 1.54) is 0 Å². The molecule has 0 bridgehead atoms. The first-order chi connectivity index (χ1) is 9.51. The summed E-state index contributed by atoms with van der Waals surface area (Å²) in [7, 11) is 0. The molecular formula is C15H22N4O. The number of nitrogens with two attached hydrogens (primary N) is 1. The Kier molecular flexibility index (Phi) is 3.99. The van der Waals surface area contributed by atoms with Gasteiger partial charge in [-0.3, -0.25) is 0 Å². The van der Waals surface area contributed by atoms with Crippen molar-refractivity contribution in [2.24, 2.45) is 0 Å². The van der Waals surface area contributed by atoms with Gasteiger partial charge >= 0.3 is 0 Å². The average molecular weight is 274 g/mol. The second kappa shape index (κ2) is 5.54. The van der Waals surface area contributed by atoms with Crippen LogP contribution in [0.5, 0.6) is 0 Å². The van der Waals surface area contributed by atoms with Crippen molar-refractivity contribution in [1.29, 1.82) is 0 Å². The molecule has 0 fully saturated rings. The van der Waals surface area contributed by atoms with Crippen LogP contribution < -0.4 is 11.1 Å². The van der Waals surface area contributed by atoms with Gasteiger partial charge in [-0.05, 0) is 26.3 Å². The monoisotopic (exact) mass is 274 g/mol. The highest BCUT2D eigenvalue weighted by atomic mass is 16.3. The zero-order valence-electron chi connectivity index (χ0n) is 12.2. The molecule has 0 radical (unpaired) electrons. The van der Waals surface area contributed by atoms with Crippen LogP contribution >= 0.6 is 0 Å². The number of nitrogens with zero attached hydrogens (tertiary/aromatic N) is 2. The molecular weight excluding hydrogens is 252 g/mol. The molecule has 1 aromatic carbocycles. The van der Waals surface area contributed by atoms with Crippen LogP contribution in [0.15, 0.2) is 30.3 Å². The van der Waals surface area contributed by atoms with E-state index in [0.717, 1.165) is 23.6 Å². The number of nitrogen functional groups attached to an aromatic ring is 1. The van der Waals surface area contributed by atoms with Crippen molar-refractivity contribution in [1.82, 2.24) is 9.78 Å². The van der Waals surface area contributed by atoms with Gasteiger partial charge in [0.1, 0.15) is 5.82 Å². The van der Waals surface area contributed by atoms with Crippen molar-refractivity contribution in [3.05, 3.63) is 41.6 Å². The highest BCUT2D eigenvalue weighted by Gasteiger charge is 2.28. The molecule has 1 unspecified atom stereocenters. The molecule has 2 aromatic rings. The molecule has 1 aromatic heterocycles. The second-order valence-corrected chi connectivity index (χ2v) is 5.14. The first kappa shape index (κ1) is 14.4. The predicted octanol–water partition coefficient (Wildman–Crippen LogP) is 2.11. The molecule has 0 spiro atoms. The number of rotatable bonds is 5. The Labute approximate surface area is 119 Å². The molecule has 0 amide bonds. The molecule has 0 aliphatic carbocycles. The lowest BCUT2D eigenvalue weighted by Crippen LogP contribution is -2.37. The van der Waals surface area contributed by atoms with Crippen LogP contribution in [0, 0.1) is 6.92 Å². The third kappa shape index (κ3) is 2.49. The molecule has 1 heterocycles. The summed E-state index contributed by atoms with van der Waals surface area (Å²) in [6, 6.07) is 9.83. The highest BCUT2D eigenvalue weighted by Crippen LogP contribution is 2.30. The third-order valence-corrected chi connectivity index (χ3v) is 3.59. The number of hydrogen-bond donors (Lipinski definition) is 3. The van der Waals surface area contributed by atoms with Crippen molar-refractivity contribution < 1.29 is 5.11 Å². The molecule has 1 atom stereocenters. The van der Waals surface area contributed by atoms with E-state index in [-0.39, 0.29) is 6.61 Å². The van der Waals surface area contributed by atoms with Gasteiger partial charge in [0.25, 0.3) is 0 Å². The van der Waals surface area contributed by atoms with Crippen LogP contribution in [-0.2, 0) is 12.1 Å². The molecule has 5 nitrogen and oxygen atoms in total. The molecule has 0 saturated carbocycles. The number of aromatic nitrogens is 2. The Morgan fingerprint density at radius 1 is 1.35 bits per heavy atom. The Morgan fingerprint density at radius 3 is 2.55 bits per heavy atom. The van der Waals surface area contributed by atoms with E-state index in [4.69, 9.17) is 5.73 Å². The third-order valence-electron chi connectivity index (χ3n) is 3.59. The second-order valence-electron chi connectivity index (χ2n) is 5.14. The summed E-state index contributed by atoms with van der Waals surface area (Å²) in [5.74, 6) is 0.755. The van der Waals surface area contributed by atoms with Gasteiger partial charge in [0.2, 0.25) is 0 Å². The Hall–Kier alpha value is -2.01. The van der Waals surface area contributed by atoms with Crippen molar-refractivity contribution in [3.8, 4) is 0 Å². The van der Waals surface area contributed by atoms with Crippen molar-refractivity contribution in [2.75, 3.05) is 17.7 Å². The van der Waals surface area contributed by atoms with Crippen molar-refractivity contribution >= 4 is 11.5 Å². The number of nitrogens with one attached hydrogen (secondary N) is 1. The van der Waals surface area contributed by atoms with Gasteiger partial charge < -0.3 is 16.2 Å². The Balaban J connectivity index is 2.41. The minimum Gasteiger partial charge on any atom is -0.394 e. The van der Waals surface area contributed by atoms with Gasteiger partial charge in [0.05, 0.1) is 23.5 Å². The molecule has 108 valence electrons. The maximum atomic E-state index is 9.83. The number of hydrogen-bond acceptors (Lipinski definition) is 4. The van der Waals surface area contributed by atoms with Crippen LogP contribution in [0.25, 0.3) is 0 Å².